The number of pyridine rings is 2. The predicted molar refractivity (Wildman–Crippen MR) is 69.8 cm³/mol. The highest BCUT2D eigenvalue weighted by atomic mass is 16.5. The molecule has 5 heteroatoms. The molecule has 0 spiro atoms. The molecule has 0 aromatic carbocycles. The highest BCUT2D eigenvalue weighted by Gasteiger charge is 2.08. The second-order valence-electron chi connectivity index (χ2n) is 4.04. The van der Waals surface area contributed by atoms with Crippen LogP contribution in [-0.4, -0.2) is 27.4 Å². The minimum Gasteiger partial charge on any atom is -0.465 e. The van der Waals surface area contributed by atoms with Crippen molar-refractivity contribution in [3.63, 3.8) is 0 Å². The molecule has 3 heterocycles. The van der Waals surface area contributed by atoms with Crippen molar-refractivity contribution in [2.45, 2.75) is 0 Å². The Hall–Kier alpha value is -2.69. The third kappa shape index (κ3) is 2.06. The van der Waals surface area contributed by atoms with E-state index in [1.807, 2.05) is 18.3 Å². The van der Waals surface area contributed by atoms with Crippen LogP contribution in [0.25, 0.3) is 16.9 Å². The first-order valence-corrected chi connectivity index (χ1v) is 5.75. The van der Waals surface area contributed by atoms with Crippen LogP contribution in [0.1, 0.15) is 10.4 Å². The number of ether oxygens (including phenoxy) is 1. The van der Waals surface area contributed by atoms with Crippen LogP contribution < -0.4 is 0 Å². The van der Waals surface area contributed by atoms with Crippen molar-refractivity contribution in [2.24, 2.45) is 0 Å². The number of methoxy groups -OCH3 is 1. The first-order chi connectivity index (χ1) is 9.28. The maximum atomic E-state index is 11.5. The number of nitrogens with zero attached hydrogens (tertiary/aromatic N) is 3. The Kier molecular flexibility index (Phi) is 2.72. The van der Waals surface area contributed by atoms with Crippen LogP contribution in [0, 0.1) is 0 Å². The summed E-state index contributed by atoms with van der Waals surface area (Å²) in [5.41, 5.74) is 3.01. The number of fused-ring (bicyclic) bond motifs is 1. The smallest absolute Gasteiger partial charge is 0.339 e. The Labute approximate surface area is 109 Å². The van der Waals surface area contributed by atoms with Crippen LogP contribution in [-0.2, 0) is 4.74 Å². The number of imidazole rings is 1. The molecule has 0 aliphatic carbocycles. The number of aromatic nitrogens is 3. The Bertz CT molecular complexity index is 735. The molecular weight excluding hydrogens is 242 g/mol. The summed E-state index contributed by atoms with van der Waals surface area (Å²) in [4.78, 5) is 20.0. The van der Waals surface area contributed by atoms with Gasteiger partial charge in [-0.15, -0.1) is 0 Å². The average molecular weight is 253 g/mol. The van der Waals surface area contributed by atoms with Gasteiger partial charge in [0.1, 0.15) is 5.65 Å². The molecular formula is C14H11N3O2. The van der Waals surface area contributed by atoms with Gasteiger partial charge in [0.2, 0.25) is 0 Å². The molecule has 94 valence electrons. The van der Waals surface area contributed by atoms with Crippen molar-refractivity contribution in [3.8, 4) is 11.3 Å². The van der Waals surface area contributed by atoms with Crippen molar-refractivity contribution >= 4 is 11.6 Å². The van der Waals surface area contributed by atoms with E-state index in [1.54, 1.807) is 35.1 Å². The number of carbonyl (C=O) groups is 1. The van der Waals surface area contributed by atoms with E-state index >= 15 is 0 Å². The first-order valence-electron chi connectivity index (χ1n) is 5.75. The number of hydrogen-bond donors (Lipinski definition) is 0. The standard InChI is InChI=1S/C14H11N3O2/c1-19-14(18)11-4-5-13-16-12(9-17(13)8-11)10-3-2-6-15-7-10/h2-9H,1H3. The molecule has 0 unspecified atom stereocenters. The Morgan fingerprint density at radius 1 is 1.26 bits per heavy atom. The maximum absolute atomic E-state index is 11.5. The van der Waals surface area contributed by atoms with Crippen molar-refractivity contribution in [1.29, 1.82) is 0 Å². The molecule has 0 radical (unpaired) electrons. The molecule has 0 atom stereocenters. The molecule has 3 aromatic heterocycles. The maximum Gasteiger partial charge on any atom is 0.339 e. The number of hydrogen-bond acceptors (Lipinski definition) is 4. The molecule has 0 amide bonds. The van der Waals surface area contributed by atoms with Gasteiger partial charge in [-0.2, -0.15) is 0 Å². The second kappa shape index (κ2) is 4.53. The summed E-state index contributed by atoms with van der Waals surface area (Å²) < 4.78 is 6.49. The van der Waals surface area contributed by atoms with Crippen LogP contribution in [0.5, 0.6) is 0 Å². The zero-order valence-electron chi connectivity index (χ0n) is 10.3. The Morgan fingerprint density at radius 3 is 2.89 bits per heavy atom. The van der Waals surface area contributed by atoms with E-state index in [0.717, 1.165) is 16.9 Å². The highest BCUT2D eigenvalue weighted by molar-refractivity contribution is 5.89. The lowest BCUT2D eigenvalue weighted by atomic mass is 10.2. The summed E-state index contributed by atoms with van der Waals surface area (Å²) in [7, 11) is 1.36. The Morgan fingerprint density at radius 2 is 2.16 bits per heavy atom. The zero-order chi connectivity index (χ0) is 13.2. The molecule has 0 bridgehead atoms. The molecule has 3 aromatic rings. The van der Waals surface area contributed by atoms with E-state index < -0.39 is 0 Å². The molecule has 0 fully saturated rings. The average Bonchev–Trinajstić information content (AvgIpc) is 2.90. The summed E-state index contributed by atoms with van der Waals surface area (Å²) in [6.45, 7) is 0. The third-order valence-electron chi connectivity index (χ3n) is 2.83. The van der Waals surface area contributed by atoms with Crippen LogP contribution in [0.3, 0.4) is 0 Å². The molecule has 19 heavy (non-hydrogen) atoms. The van der Waals surface area contributed by atoms with Crippen molar-refractivity contribution < 1.29 is 9.53 Å². The van der Waals surface area contributed by atoms with Gasteiger partial charge in [-0.3, -0.25) is 4.98 Å². The minimum atomic E-state index is -0.362. The number of esters is 1. The fraction of sp³-hybridized carbons (Fsp3) is 0.0714. The molecule has 0 saturated carbocycles. The lowest BCUT2D eigenvalue weighted by Gasteiger charge is -1.99. The fourth-order valence-corrected chi connectivity index (χ4v) is 1.88. The lowest BCUT2D eigenvalue weighted by molar-refractivity contribution is 0.0600. The van der Waals surface area contributed by atoms with E-state index in [-0.39, 0.29) is 5.97 Å². The van der Waals surface area contributed by atoms with Crippen LogP contribution in [0.15, 0.2) is 49.1 Å². The Balaban J connectivity index is 2.09. The van der Waals surface area contributed by atoms with Gasteiger partial charge in [0, 0.05) is 30.4 Å². The van der Waals surface area contributed by atoms with E-state index in [0.29, 0.717) is 5.56 Å². The van der Waals surface area contributed by atoms with Crippen molar-refractivity contribution in [3.05, 3.63) is 54.6 Å². The summed E-state index contributed by atoms with van der Waals surface area (Å²) in [5.74, 6) is -0.362. The molecule has 0 N–H and O–H groups in total. The van der Waals surface area contributed by atoms with E-state index in [2.05, 4.69) is 9.97 Å². The normalized spacial score (nSPS) is 10.6. The molecule has 0 aliphatic heterocycles. The lowest BCUT2D eigenvalue weighted by Crippen LogP contribution is -2.02. The first kappa shape index (κ1) is 11.4. The predicted octanol–water partition coefficient (Wildman–Crippen LogP) is 2.18. The molecule has 0 aliphatic rings. The number of rotatable bonds is 2. The van der Waals surface area contributed by atoms with Gasteiger partial charge < -0.3 is 9.14 Å². The summed E-state index contributed by atoms with van der Waals surface area (Å²) in [6, 6.07) is 7.28. The van der Waals surface area contributed by atoms with Gasteiger partial charge in [-0.1, -0.05) is 0 Å². The quantitative estimate of drug-likeness (QED) is 0.657. The summed E-state index contributed by atoms with van der Waals surface area (Å²) in [6.07, 6.45) is 7.03. The third-order valence-corrected chi connectivity index (χ3v) is 2.83. The SMILES string of the molecule is COC(=O)c1ccc2nc(-c3cccnc3)cn2c1. The van der Waals surface area contributed by atoms with Crippen LogP contribution in [0.4, 0.5) is 0 Å². The monoisotopic (exact) mass is 253 g/mol. The van der Waals surface area contributed by atoms with Gasteiger partial charge >= 0.3 is 5.97 Å². The van der Waals surface area contributed by atoms with Gasteiger partial charge in [-0.25, -0.2) is 9.78 Å². The van der Waals surface area contributed by atoms with Crippen LogP contribution >= 0.6 is 0 Å². The van der Waals surface area contributed by atoms with Crippen molar-refractivity contribution in [2.75, 3.05) is 7.11 Å². The summed E-state index contributed by atoms with van der Waals surface area (Å²) >= 11 is 0. The summed E-state index contributed by atoms with van der Waals surface area (Å²) in [5, 5.41) is 0. The van der Waals surface area contributed by atoms with E-state index in [1.165, 1.54) is 7.11 Å². The van der Waals surface area contributed by atoms with Gasteiger partial charge in [-0.05, 0) is 24.3 Å². The highest BCUT2D eigenvalue weighted by Crippen LogP contribution is 2.18. The van der Waals surface area contributed by atoms with Crippen molar-refractivity contribution in [1.82, 2.24) is 14.4 Å². The number of carbonyl (C=O) groups excluding carboxylic acids is 1. The molecule has 3 rings (SSSR count). The molecule has 5 nitrogen and oxygen atoms in total. The largest absolute Gasteiger partial charge is 0.465 e. The zero-order valence-corrected chi connectivity index (χ0v) is 10.3. The van der Waals surface area contributed by atoms with Crippen LogP contribution in [0.2, 0.25) is 0 Å². The van der Waals surface area contributed by atoms with E-state index in [4.69, 9.17) is 4.74 Å². The molecule has 0 saturated heterocycles. The fourth-order valence-electron chi connectivity index (χ4n) is 1.88. The van der Waals surface area contributed by atoms with E-state index in [9.17, 15) is 4.79 Å². The van der Waals surface area contributed by atoms with Gasteiger partial charge in [0.15, 0.2) is 0 Å². The van der Waals surface area contributed by atoms with Gasteiger partial charge in [0.25, 0.3) is 0 Å². The minimum absolute atomic E-state index is 0.362. The van der Waals surface area contributed by atoms with Gasteiger partial charge in [0.05, 0.1) is 18.4 Å². The topological polar surface area (TPSA) is 56.5 Å². The second-order valence-corrected chi connectivity index (χ2v) is 4.04.